The molecule has 2 aromatic heterocycles. The van der Waals surface area contributed by atoms with Crippen molar-refractivity contribution < 1.29 is 23.8 Å². The number of aryl methyl sites for hydroxylation is 1. The summed E-state index contributed by atoms with van der Waals surface area (Å²) in [5.74, 6) is 0.641. The number of amides is 1. The van der Waals surface area contributed by atoms with E-state index in [-0.39, 0.29) is 11.6 Å². The summed E-state index contributed by atoms with van der Waals surface area (Å²) >= 11 is 0. The molecule has 0 aliphatic carbocycles. The molecule has 0 aliphatic heterocycles. The number of nitrogens with one attached hydrogen (secondary N) is 2. The highest BCUT2D eigenvalue weighted by atomic mass is 16.5. The minimum Gasteiger partial charge on any atom is -0.496 e. The van der Waals surface area contributed by atoms with Crippen LogP contribution in [0.3, 0.4) is 0 Å². The SMILES string of the molecule is COC(=O)c1c(NC(C)=O)c2cc(NCc3ccc(OC)c(C)c3OC)cnc2n1C. The van der Waals surface area contributed by atoms with Gasteiger partial charge >= 0.3 is 5.97 Å². The topological polar surface area (TPSA) is 104 Å². The first kappa shape index (κ1) is 21.9. The van der Waals surface area contributed by atoms with Crippen LogP contribution in [0, 0.1) is 6.92 Å². The minimum absolute atomic E-state index is 0.227. The third-order valence-corrected chi connectivity index (χ3v) is 5.05. The van der Waals surface area contributed by atoms with Gasteiger partial charge in [-0.2, -0.15) is 0 Å². The summed E-state index contributed by atoms with van der Waals surface area (Å²) in [7, 11) is 6.24. The number of carbonyl (C=O) groups excluding carboxylic acids is 2. The van der Waals surface area contributed by atoms with Gasteiger partial charge in [0.25, 0.3) is 0 Å². The van der Waals surface area contributed by atoms with Crippen molar-refractivity contribution in [2.45, 2.75) is 20.4 Å². The van der Waals surface area contributed by atoms with Gasteiger partial charge in [-0.05, 0) is 25.1 Å². The summed E-state index contributed by atoms with van der Waals surface area (Å²) in [6, 6.07) is 5.66. The molecule has 1 amide bonds. The molecule has 0 unspecified atom stereocenters. The van der Waals surface area contributed by atoms with Gasteiger partial charge in [0.1, 0.15) is 17.1 Å². The number of aromatic nitrogens is 2. The van der Waals surface area contributed by atoms with E-state index >= 15 is 0 Å². The average molecular weight is 426 g/mol. The van der Waals surface area contributed by atoms with Gasteiger partial charge in [-0.15, -0.1) is 0 Å². The van der Waals surface area contributed by atoms with Gasteiger partial charge in [0.15, 0.2) is 5.69 Å². The average Bonchev–Trinajstić information content (AvgIpc) is 3.02. The zero-order valence-electron chi connectivity index (χ0n) is 18.5. The van der Waals surface area contributed by atoms with Crippen LogP contribution in [0.25, 0.3) is 11.0 Å². The lowest BCUT2D eigenvalue weighted by molar-refractivity contribution is -0.114. The van der Waals surface area contributed by atoms with Gasteiger partial charge in [0, 0.05) is 37.0 Å². The molecule has 0 aliphatic rings. The Labute approximate surface area is 180 Å². The number of esters is 1. The molecule has 0 saturated carbocycles. The lowest BCUT2D eigenvalue weighted by atomic mass is 10.1. The maximum Gasteiger partial charge on any atom is 0.356 e. The molecule has 1 aromatic carbocycles. The number of anilines is 2. The predicted molar refractivity (Wildman–Crippen MR) is 118 cm³/mol. The second-order valence-electron chi connectivity index (χ2n) is 6.99. The van der Waals surface area contributed by atoms with Gasteiger partial charge in [-0.25, -0.2) is 9.78 Å². The Balaban J connectivity index is 1.99. The third kappa shape index (κ3) is 4.11. The Kier molecular flexibility index (Phi) is 6.33. The van der Waals surface area contributed by atoms with Crippen LogP contribution in [-0.4, -0.2) is 42.8 Å². The molecular weight excluding hydrogens is 400 g/mol. The van der Waals surface area contributed by atoms with E-state index in [1.54, 1.807) is 32.0 Å². The van der Waals surface area contributed by atoms with E-state index < -0.39 is 5.97 Å². The molecule has 9 heteroatoms. The largest absolute Gasteiger partial charge is 0.496 e. The van der Waals surface area contributed by atoms with Crippen LogP contribution in [0.4, 0.5) is 11.4 Å². The fraction of sp³-hybridized carbons (Fsp3) is 0.318. The van der Waals surface area contributed by atoms with Crippen LogP contribution in [0.5, 0.6) is 11.5 Å². The van der Waals surface area contributed by atoms with Crippen molar-refractivity contribution in [1.29, 1.82) is 0 Å². The minimum atomic E-state index is -0.558. The van der Waals surface area contributed by atoms with Gasteiger partial charge in [-0.1, -0.05) is 0 Å². The first-order valence-corrected chi connectivity index (χ1v) is 9.61. The number of hydrogen-bond donors (Lipinski definition) is 2. The fourth-order valence-corrected chi connectivity index (χ4v) is 3.62. The highest BCUT2D eigenvalue weighted by Gasteiger charge is 2.23. The van der Waals surface area contributed by atoms with Gasteiger partial charge in [0.05, 0.1) is 38.9 Å². The molecule has 0 bridgehead atoms. The molecule has 2 heterocycles. The molecule has 0 spiro atoms. The molecule has 0 saturated heterocycles. The number of hydrogen-bond acceptors (Lipinski definition) is 7. The Morgan fingerprint density at radius 3 is 2.52 bits per heavy atom. The summed E-state index contributed by atoms with van der Waals surface area (Å²) in [4.78, 5) is 28.5. The number of carbonyl (C=O) groups is 2. The van der Waals surface area contributed by atoms with E-state index in [1.807, 2.05) is 25.1 Å². The molecule has 164 valence electrons. The van der Waals surface area contributed by atoms with Crippen molar-refractivity contribution in [1.82, 2.24) is 9.55 Å². The van der Waals surface area contributed by atoms with Gasteiger partial charge in [0.2, 0.25) is 5.91 Å². The molecule has 31 heavy (non-hydrogen) atoms. The molecule has 0 atom stereocenters. The van der Waals surface area contributed by atoms with Crippen molar-refractivity contribution in [2.75, 3.05) is 32.0 Å². The van der Waals surface area contributed by atoms with E-state index in [9.17, 15) is 9.59 Å². The van der Waals surface area contributed by atoms with E-state index in [0.29, 0.717) is 23.3 Å². The van der Waals surface area contributed by atoms with Crippen LogP contribution in [0.15, 0.2) is 24.4 Å². The standard InChI is InChI=1S/C22H26N4O5/c1-12-17(29-4)8-7-14(20(12)30-5)10-23-15-9-16-18(25-13(2)27)19(22(28)31-6)26(3)21(16)24-11-15/h7-9,11,23H,10H2,1-6H3,(H,25,27). The Hall–Kier alpha value is -3.75. The van der Waals surface area contributed by atoms with Crippen LogP contribution < -0.4 is 20.1 Å². The van der Waals surface area contributed by atoms with Crippen molar-refractivity contribution >= 4 is 34.3 Å². The quantitative estimate of drug-likeness (QED) is 0.559. The van der Waals surface area contributed by atoms with E-state index in [4.69, 9.17) is 14.2 Å². The maximum absolute atomic E-state index is 12.3. The van der Waals surface area contributed by atoms with Crippen molar-refractivity contribution in [3.8, 4) is 11.5 Å². The molecule has 0 radical (unpaired) electrons. The number of pyridine rings is 1. The summed E-state index contributed by atoms with van der Waals surface area (Å²) in [5.41, 5.74) is 3.72. The first-order valence-electron chi connectivity index (χ1n) is 9.61. The Bertz CT molecular complexity index is 1150. The summed E-state index contributed by atoms with van der Waals surface area (Å²) in [6.45, 7) is 3.80. The number of nitrogens with zero attached hydrogens (tertiary/aromatic N) is 2. The van der Waals surface area contributed by atoms with Crippen LogP contribution in [0.1, 0.15) is 28.5 Å². The third-order valence-electron chi connectivity index (χ3n) is 5.05. The van der Waals surface area contributed by atoms with Gasteiger partial charge in [-0.3, -0.25) is 4.79 Å². The normalized spacial score (nSPS) is 10.6. The summed E-state index contributed by atoms with van der Waals surface area (Å²) in [5, 5.41) is 6.68. The van der Waals surface area contributed by atoms with Crippen LogP contribution in [-0.2, 0) is 23.1 Å². The number of benzene rings is 1. The zero-order valence-corrected chi connectivity index (χ0v) is 18.5. The van der Waals surface area contributed by atoms with Crippen molar-refractivity contribution in [2.24, 2.45) is 7.05 Å². The van der Waals surface area contributed by atoms with E-state index in [2.05, 4.69) is 15.6 Å². The number of methoxy groups -OCH3 is 3. The number of ether oxygens (including phenoxy) is 3. The molecule has 9 nitrogen and oxygen atoms in total. The second kappa shape index (κ2) is 8.95. The summed E-state index contributed by atoms with van der Waals surface area (Å²) < 4.78 is 17.4. The molecular formula is C22H26N4O5. The molecule has 0 fully saturated rings. The first-order chi connectivity index (χ1) is 14.8. The zero-order chi connectivity index (χ0) is 22.7. The van der Waals surface area contributed by atoms with E-state index in [0.717, 1.165) is 28.3 Å². The highest BCUT2D eigenvalue weighted by molar-refractivity contribution is 6.10. The van der Waals surface area contributed by atoms with Crippen LogP contribution >= 0.6 is 0 Å². The predicted octanol–water partition coefficient (Wildman–Crippen LogP) is 3.26. The number of rotatable bonds is 7. The van der Waals surface area contributed by atoms with E-state index in [1.165, 1.54) is 14.0 Å². The molecule has 3 aromatic rings. The highest BCUT2D eigenvalue weighted by Crippen LogP contribution is 2.33. The summed E-state index contributed by atoms with van der Waals surface area (Å²) in [6.07, 6.45) is 1.67. The number of fused-ring (bicyclic) bond motifs is 1. The molecule has 3 rings (SSSR count). The monoisotopic (exact) mass is 426 g/mol. The van der Waals surface area contributed by atoms with Crippen LogP contribution in [0.2, 0.25) is 0 Å². The van der Waals surface area contributed by atoms with Gasteiger partial charge < -0.3 is 29.4 Å². The van der Waals surface area contributed by atoms with Crippen molar-refractivity contribution in [3.63, 3.8) is 0 Å². The fourth-order valence-electron chi connectivity index (χ4n) is 3.62. The smallest absolute Gasteiger partial charge is 0.356 e. The maximum atomic E-state index is 12.3. The lowest BCUT2D eigenvalue weighted by Gasteiger charge is -2.15. The second-order valence-corrected chi connectivity index (χ2v) is 6.99. The van der Waals surface area contributed by atoms with Crippen molar-refractivity contribution in [3.05, 3.63) is 41.2 Å². The molecule has 2 N–H and O–H groups in total. The Morgan fingerprint density at radius 1 is 1.16 bits per heavy atom. The lowest BCUT2D eigenvalue weighted by Crippen LogP contribution is -2.13. The Morgan fingerprint density at radius 2 is 1.90 bits per heavy atom.